The Labute approximate surface area is 199 Å². The Bertz CT molecular complexity index is 1170. The summed E-state index contributed by atoms with van der Waals surface area (Å²) in [7, 11) is 3.24. The van der Waals surface area contributed by atoms with Crippen molar-refractivity contribution < 1.29 is 19.0 Å². The van der Waals surface area contributed by atoms with Gasteiger partial charge in [0.1, 0.15) is 5.69 Å². The number of nitrogens with zero attached hydrogens (tertiary/aromatic N) is 3. The molecule has 1 N–H and O–H groups in total. The number of amides is 1. The SMILES string of the molecule is COc1ccc(C2c3c(-c4ccc(C)cc4)n[nH]c3C(=O)N2CCN2CCOCC2)cc1OC. The van der Waals surface area contributed by atoms with Crippen LogP contribution in [0, 0.1) is 6.92 Å². The lowest BCUT2D eigenvalue weighted by atomic mass is 9.95. The Kier molecular flexibility index (Phi) is 6.26. The highest BCUT2D eigenvalue weighted by molar-refractivity contribution is 6.00. The number of hydrogen-bond acceptors (Lipinski definition) is 6. The van der Waals surface area contributed by atoms with E-state index < -0.39 is 0 Å². The van der Waals surface area contributed by atoms with Gasteiger partial charge in [-0.3, -0.25) is 14.8 Å². The molecule has 0 aliphatic carbocycles. The van der Waals surface area contributed by atoms with E-state index >= 15 is 0 Å². The summed E-state index contributed by atoms with van der Waals surface area (Å²) in [6.45, 7) is 6.67. The van der Waals surface area contributed by atoms with E-state index in [1.54, 1.807) is 14.2 Å². The zero-order valence-corrected chi connectivity index (χ0v) is 19.8. The van der Waals surface area contributed by atoms with Gasteiger partial charge in [-0.2, -0.15) is 5.10 Å². The fourth-order valence-corrected chi connectivity index (χ4v) is 4.80. The molecular formula is C26H30N4O4. The van der Waals surface area contributed by atoms with E-state index in [1.165, 1.54) is 5.56 Å². The van der Waals surface area contributed by atoms with Crippen molar-refractivity contribution in [3.63, 3.8) is 0 Å². The first kappa shape index (κ1) is 22.4. The molecule has 1 amide bonds. The highest BCUT2D eigenvalue weighted by atomic mass is 16.5. The molecule has 2 aromatic carbocycles. The number of fused-ring (bicyclic) bond motifs is 1. The number of benzene rings is 2. The van der Waals surface area contributed by atoms with Gasteiger partial charge in [0, 0.05) is 37.3 Å². The third-order valence-corrected chi connectivity index (χ3v) is 6.67. The van der Waals surface area contributed by atoms with Crippen LogP contribution in [-0.4, -0.2) is 79.5 Å². The normalized spacial score (nSPS) is 18.3. The number of ether oxygens (including phenoxy) is 3. The average molecular weight is 463 g/mol. The number of nitrogens with one attached hydrogen (secondary N) is 1. The van der Waals surface area contributed by atoms with Crippen molar-refractivity contribution in [1.29, 1.82) is 0 Å². The molecule has 3 aromatic rings. The van der Waals surface area contributed by atoms with Crippen molar-refractivity contribution in [3.05, 3.63) is 64.8 Å². The van der Waals surface area contributed by atoms with Gasteiger partial charge in [-0.05, 0) is 24.6 Å². The number of aromatic nitrogens is 2. The minimum atomic E-state index is -0.279. The minimum absolute atomic E-state index is 0.0334. The number of carbonyl (C=O) groups excluding carboxylic acids is 1. The smallest absolute Gasteiger partial charge is 0.273 e. The van der Waals surface area contributed by atoms with Gasteiger partial charge in [0.05, 0.1) is 39.2 Å². The Morgan fingerprint density at radius 2 is 1.76 bits per heavy atom. The number of methoxy groups -OCH3 is 2. The van der Waals surface area contributed by atoms with E-state index in [4.69, 9.17) is 14.2 Å². The third-order valence-electron chi connectivity index (χ3n) is 6.67. The Morgan fingerprint density at radius 3 is 2.47 bits per heavy atom. The predicted molar refractivity (Wildman–Crippen MR) is 128 cm³/mol. The molecule has 2 aliphatic rings. The van der Waals surface area contributed by atoms with Crippen LogP contribution < -0.4 is 9.47 Å². The van der Waals surface area contributed by atoms with Crippen LogP contribution in [0.1, 0.15) is 33.2 Å². The third kappa shape index (κ3) is 4.03. The van der Waals surface area contributed by atoms with Crippen LogP contribution >= 0.6 is 0 Å². The molecular weight excluding hydrogens is 432 g/mol. The molecule has 1 atom stereocenters. The molecule has 0 radical (unpaired) electrons. The number of rotatable bonds is 7. The lowest BCUT2D eigenvalue weighted by molar-refractivity contribution is 0.0316. The molecule has 0 saturated carbocycles. The van der Waals surface area contributed by atoms with E-state index in [2.05, 4.69) is 46.3 Å². The molecule has 1 aromatic heterocycles. The van der Waals surface area contributed by atoms with Gasteiger partial charge >= 0.3 is 0 Å². The van der Waals surface area contributed by atoms with Gasteiger partial charge in [-0.15, -0.1) is 0 Å². The maximum atomic E-state index is 13.6. The molecule has 0 bridgehead atoms. The number of carbonyl (C=O) groups is 1. The van der Waals surface area contributed by atoms with Crippen molar-refractivity contribution in [3.8, 4) is 22.8 Å². The summed E-state index contributed by atoms with van der Waals surface area (Å²) < 4.78 is 16.5. The van der Waals surface area contributed by atoms with Gasteiger partial charge in [0.25, 0.3) is 5.91 Å². The first-order valence-corrected chi connectivity index (χ1v) is 11.6. The second-order valence-electron chi connectivity index (χ2n) is 8.70. The molecule has 5 rings (SSSR count). The molecule has 8 heteroatoms. The number of morpholine rings is 1. The molecule has 0 spiro atoms. The summed E-state index contributed by atoms with van der Waals surface area (Å²) in [5, 5.41) is 7.61. The predicted octanol–water partition coefficient (Wildman–Crippen LogP) is 3.28. The maximum Gasteiger partial charge on any atom is 0.273 e. The lowest BCUT2D eigenvalue weighted by Crippen LogP contribution is -2.42. The van der Waals surface area contributed by atoms with Gasteiger partial charge in [-0.25, -0.2) is 0 Å². The zero-order chi connectivity index (χ0) is 23.7. The largest absolute Gasteiger partial charge is 0.493 e. The van der Waals surface area contributed by atoms with Crippen molar-refractivity contribution in [1.82, 2.24) is 20.0 Å². The standard InChI is InChI=1S/C26H30N4O4/c1-17-4-6-18(7-5-17)23-22-24(28-27-23)26(31)30(11-10-29-12-14-34-15-13-29)25(22)19-8-9-20(32-2)21(16-19)33-3/h4-9,16,25H,10-15H2,1-3H3,(H,27,28). The number of H-pyrrole nitrogens is 1. The molecule has 1 fully saturated rings. The van der Waals surface area contributed by atoms with Crippen molar-refractivity contribution in [2.75, 3.05) is 53.6 Å². The Morgan fingerprint density at radius 1 is 1.03 bits per heavy atom. The van der Waals surface area contributed by atoms with Gasteiger partial charge in [0.2, 0.25) is 0 Å². The fraction of sp³-hybridized carbons (Fsp3) is 0.385. The zero-order valence-electron chi connectivity index (χ0n) is 19.8. The number of aromatic amines is 1. The summed E-state index contributed by atoms with van der Waals surface area (Å²) in [6, 6.07) is 13.8. The average Bonchev–Trinajstić information content (AvgIpc) is 3.42. The summed E-state index contributed by atoms with van der Waals surface area (Å²) in [6.07, 6.45) is 0. The van der Waals surface area contributed by atoms with Crippen molar-refractivity contribution in [2.24, 2.45) is 0 Å². The monoisotopic (exact) mass is 462 g/mol. The summed E-state index contributed by atoms with van der Waals surface area (Å²) in [5.41, 5.74) is 5.38. The van der Waals surface area contributed by atoms with E-state index in [0.717, 1.165) is 55.2 Å². The molecule has 34 heavy (non-hydrogen) atoms. The first-order chi connectivity index (χ1) is 16.6. The second-order valence-corrected chi connectivity index (χ2v) is 8.70. The topological polar surface area (TPSA) is 79.9 Å². The minimum Gasteiger partial charge on any atom is -0.493 e. The fourth-order valence-electron chi connectivity index (χ4n) is 4.80. The number of hydrogen-bond donors (Lipinski definition) is 1. The molecule has 8 nitrogen and oxygen atoms in total. The highest BCUT2D eigenvalue weighted by Gasteiger charge is 2.42. The van der Waals surface area contributed by atoms with Crippen LogP contribution in [0.2, 0.25) is 0 Å². The summed E-state index contributed by atoms with van der Waals surface area (Å²) in [4.78, 5) is 17.9. The molecule has 1 saturated heterocycles. The lowest BCUT2D eigenvalue weighted by Gasteiger charge is -2.31. The molecule has 178 valence electrons. The van der Waals surface area contributed by atoms with Gasteiger partial charge in [0.15, 0.2) is 11.5 Å². The molecule has 2 aliphatic heterocycles. The number of aryl methyl sites for hydroxylation is 1. The van der Waals surface area contributed by atoms with Crippen LogP contribution in [0.15, 0.2) is 42.5 Å². The Balaban J connectivity index is 1.56. The Hall–Kier alpha value is -3.36. The van der Waals surface area contributed by atoms with Crippen LogP contribution in [0.3, 0.4) is 0 Å². The quantitative estimate of drug-likeness (QED) is 0.581. The van der Waals surface area contributed by atoms with E-state index in [-0.39, 0.29) is 11.9 Å². The highest BCUT2D eigenvalue weighted by Crippen LogP contribution is 2.44. The van der Waals surface area contributed by atoms with Gasteiger partial charge < -0.3 is 19.1 Å². The van der Waals surface area contributed by atoms with E-state index in [0.29, 0.717) is 23.7 Å². The van der Waals surface area contributed by atoms with Gasteiger partial charge in [-0.1, -0.05) is 35.9 Å². The summed E-state index contributed by atoms with van der Waals surface area (Å²) in [5.74, 6) is 1.25. The van der Waals surface area contributed by atoms with Crippen LogP contribution in [0.25, 0.3) is 11.3 Å². The molecule has 3 heterocycles. The second kappa shape index (κ2) is 9.48. The van der Waals surface area contributed by atoms with Crippen LogP contribution in [-0.2, 0) is 4.74 Å². The van der Waals surface area contributed by atoms with Crippen LogP contribution in [0.4, 0.5) is 0 Å². The van der Waals surface area contributed by atoms with Crippen LogP contribution in [0.5, 0.6) is 11.5 Å². The molecule has 1 unspecified atom stereocenters. The van der Waals surface area contributed by atoms with E-state index in [9.17, 15) is 4.79 Å². The van der Waals surface area contributed by atoms with Crippen molar-refractivity contribution >= 4 is 5.91 Å². The van der Waals surface area contributed by atoms with E-state index in [1.807, 2.05) is 23.1 Å². The maximum absolute atomic E-state index is 13.6. The summed E-state index contributed by atoms with van der Waals surface area (Å²) >= 11 is 0. The van der Waals surface area contributed by atoms with Crippen molar-refractivity contribution in [2.45, 2.75) is 13.0 Å². The first-order valence-electron chi connectivity index (χ1n) is 11.6.